The number of amides is 1. The number of nitrogens with one attached hydrogen (secondary N) is 1. The summed E-state index contributed by atoms with van der Waals surface area (Å²) in [6, 6.07) is 14.5. The molecule has 2 aliphatic carbocycles. The van der Waals surface area contributed by atoms with Crippen molar-refractivity contribution < 1.29 is 9.53 Å². The molecule has 1 atom stereocenters. The normalized spacial score (nSPS) is 22.6. The summed E-state index contributed by atoms with van der Waals surface area (Å²) in [6.07, 6.45) is 11.5. The second-order valence-corrected chi connectivity index (χ2v) is 8.80. The number of benzene rings is 2. The zero-order valence-electron chi connectivity index (χ0n) is 16.5. The van der Waals surface area contributed by atoms with Gasteiger partial charge in [-0.1, -0.05) is 30.7 Å². The fourth-order valence-corrected chi connectivity index (χ4v) is 5.37. The summed E-state index contributed by atoms with van der Waals surface area (Å²) < 4.78 is 6.50. The van der Waals surface area contributed by atoms with Gasteiger partial charge in [0.25, 0.3) is 5.91 Å². The molecule has 1 N–H and O–H groups in total. The summed E-state index contributed by atoms with van der Waals surface area (Å²) in [5.74, 6) is 0.993. The first-order valence-electron chi connectivity index (χ1n) is 10.9. The SMILES string of the molecule is O=C(N[C@H]1CC2(CCCCC2)Oc2ccccc21)c1ccc2c(c1)CCCC2. The van der Waals surface area contributed by atoms with E-state index in [1.807, 2.05) is 18.2 Å². The van der Waals surface area contributed by atoms with Crippen molar-refractivity contribution in [3.05, 3.63) is 64.7 Å². The van der Waals surface area contributed by atoms with E-state index in [0.29, 0.717) is 0 Å². The van der Waals surface area contributed by atoms with E-state index >= 15 is 0 Å². The summed E-state index contributed by atoms with van der Waals surface area (Å²) in [4.78, 5) is 13.1. The van der Waals surface area contributed by atoms with Crippen molar-refractivity contribution in [1.82, 2.24) is 5.32 Å². The molecule has 146 valence electrons. The number of rotatable bonds is 2. The molecular weight excluding hydrogens is 346 g/mol. The Balaban J connectivity index is 1.41. The highest BCUT2D eigenvalue weighted by molar-refractivity contribution is 5.94. The van der Waals surface area contributed by atoms with E-state index in [1.54, 1.807) is 0 Å². The molecule has 3 heteroatoms. The second kappa shape index (κ2) is 7.27. The van der Waals surface area contributed by atoms with Crippen molar-refractivity contribution in [2.75, 3.05) is 0 Å². The molecule has 0 radical (unpaired) electrons. The van der Waals surface area contributed by atoms with Crippen LogP contribution in [0.25, 0.3) is 0 Å². The first-order valence-corrected chi connectivity index (χ1v) is 10.9. The average Bonchev–Trinajstić information content (AvgIpc) is 2.74. The van der Waals surface area contributed by atoms with Gasteiger partial charge in [0.1, 0.15) is 11.4 Å². The minimum Gasteiger partial charge on any atom is -0.487 e. The van der Waals surface area contributed by atoms with Crippen LogP contribution < -0.4 is 10.1 Å². The molecule has 3 aliphatic rings. The molecule has 3 nitrogen and oxygen atoms in total. The van der Waals surface area contributed by atoms with Gasteiger partial charge in [0.05, 0.1) is 6.04 Å². The third-order valence-corrected chi connectivity index (χ3v) is 6.88. The number of fused-ring (bicyclic) bond motifs is 2. The van der Waals surface area contributed by atoms with Crippen molar-refractivity contribution in [2.45, 2.75) is 75.9 Å². The van der Waals surface area contributed by atoms with Gasteiger partial charge in [0, 0.05) is 17.5 Å². The van der Waals surface area contributed by atoms with Crippen LogP contribution in [0.1, 0.15) is 84.5 Å². The van der Waals surface area contributed by atoms with E-state index in [2.05, 4.69) is 29.6 Å². The Morgan fingerprint density at radius 3 is 2.57 bits per heavy atom. The summed E-state index contributed by atoms with van der Waals surface area (Å²) in [5.41, 5.74) is 4.57. The Bertz CT molecular complexity index is 882. The van der Waals surface area contributed by atoms with Gasteiger partial charge in [0.2, 0.25) is 0 Å². The van der Waals surface area contributed by atoms with Gasteiger partial charge in [-0.05, 0) is 80.7 Å². The lowest BCUT2D eigenvalue weighted by molar-refractivity contribution is -0.00210. The minimum absolute atomic E-state index is 0.0200. The van der Waals surface area contributed by atoms with Gasteiger partial charge in [-0.25, -0.2) is 0 Å². The molecule has 1 aliphatic heterocycles. The molecule has 1 fully saturated rings. The fourth-order valence-electron chi connectivity index (χ4n) is 5.37. The molecule has 0 saturated heterocycles. The van der Waals surface area contributed by atoms with Gasteiger partial charge in [0.15, 0.2) is 0 Å². The van der Waals surface area contributed by atoms with Gasteiger partial charge in [-0.2, -0.15) is 0 Å². The molecule has 2 aromatic rings. The molecule has 0 bridgehead atoms. The lowest BCUT2D eigenvalue weighted by Crippen LogP contribution is -2.46. The quantitative estimate of drug-likeness (QED) is 0.750. The fraction of sp³-hybridized carbons (Fsp3) is 0.480. The maximum absolute atomic E-state index is 13.1. The zero-order valence-corrected chi connectivity index (χ0v) is 16.5. The first kappa shape index (κ1) is 17.8. The topological polar surface area (TPSA) is 38.3 Å². The smallest absolute Gasteiger partial charge is 0.251 e. The zero-order chi connectivity index (χ0) is 19.0. The summed E-state index contributed by atoms with van der Waals surface area (Å²) in [5, 5.41) is 3.35. The van der Waals surface area contributed by atoms with E-state index in [-0.39, 0.29) is 17.6 Å². The van der Waals surface area contributed by atoms with E-state index < -0.39 is 0 Å². The third-order valence-electron chi connectivity index (χ3n) is 6.88. The van der Waals surface area contributed by atoms with Crippen molar-refractivity contribution in [1.29, 1.82) is 0 Å². The van der Waals surface area contributed by atoms with Crippen LogP contribution in [-0.2, 0) is 12.8 Å². The Labute approximate surface area is 167 Å². The number of hydrogen-bond acceptors (Lipinski definition) is 2. The molecule has 5 rings (SSSR count). The number of hydrogen-bond donors (Lipinski definition) is 1. The number of aryl methyl sites for hydroxylation is 2. The standard InChI is InChI=1S/C25H29NO2/c27-24(20-13-12-18-8-2-3-9-19(18)16-20)26-22-17-25(14-6-1-7-15-25)28-23-11-5-4-10-21(22)23/h4-5,10-13,16,22H,1-3,6-9,14-15,17H2,(H,26,27)/t22-/m0/s1. The molecule has 1 amide bonds. The number of carbonyl (C=O) groups excluding carboxylic acids is 1. The molecule has 1 saturated carbocycles. The van der Waals surface area contributed by atoms with Crippen LogP contribution in [0.4, 0.5) is 0 Å². The number of carbonyl (C=O) groups is 1. The molecular formula is C25H29NO2. The van der Waals surface area contributed by atoms with Gasteiger partial charge in [-0.3, -0.25) is 4.79 Å². The van der Waals surface area contributed by atoms with Crippen LogP contribution >= 0.6 is 0 Å². The van der Waals surface area contributed by atoms with Gasteiger partial charge < -0.3 is 10.1 Å². The molecule has 1 spiro atoms. The summed E-state index contributed by atoms with van der Waals surface area (Å²) in [6.45, 7) is 0. The Morgan fingerprint density at radius 2 is 1.71 bits per heavy atom. The Kier molecular flexibility index (Phi) is 4.62. The largest absolute Gasteiger partial charge is 0.487 e. The second-order valence-electron chi connectivity index (χ2n) is 8.80. The van der Waals surface area contributed by atoms with Crippen LogP contribution in [0.2, 0.25) is 0 Å². The highest BCUT2D eigenvalue weighted by Crippen LogP contribution is 2.46. The highest BCUT2D eigenvalue weighted by atomic mass is 16.5. The average molecular weight is 376 g/mol. The number of para-hydroxylation sites is 1. The van der Waals surface area contributed by atoms with Crippen LogP contribution in [0.5, 0.6) is 5.75 Å². The van der Waals surface area contributed by atoms with Crippen molar-refractivity contribution in [3.8, 4) is 5.75 Å². The van der Waals surface area contributed by atoms with Crippen molar-refractivity contribution >= 4 is 5.91 Å². The Hall–Kier alpha value is -2.29. The maximum atomic E-state index is 13.1. The maximum Gasteiger partial charge on any atom is 0.251 e. The predicted molar refractivity (Wildman–Crippen MR) is 111 cm³/mol. The monoisotopic (exact) mass is 375 g/mol. The first-order chi connectivity index (χ1) is 13.7. The predicted octanol–water partition coefficient (Wildman–Crippen LogP) is 5.52. The minimum atomic E-state index is -0.111. The Morgan fingerprint density at radius 1 is 0.929 bits per heavy atom. The molecule has 28 heavy (non-hydrogen) atoms. The molecule has 0 aromatic heterocycles. The molecule has 2 aromatic carbocycles. The lowest BCUT2D eigenvalue weighted by atomic mass is 9.77. The van der Waals surface area contributed by atoms with E-state index in [0.717, 1.165) is 49.0 Å². The third kappa shape index (κ3) is 3.32. The molecule has 1 heterocycles. The lowest BCUT2D eigenvalue weighted by Gasteiger charge is -2.44. The van der Waals surface area contributed by atoms with Gasteiger partial charge >= 0.3 is 0 Å². The van der Waals surface area contributed by atoms with Crippen molar-refractivity contribution in [3.63, 3.8) is 0 Å². The van der Waals surface area contributed by atoms with E-state index in [9.17, 15) is 4.79 Å². The summed E-state index contributed by atoms with van der Waals surface area (Å²) >= 11 is 0. The van der Waals surface area contributed by atoms with Crippen LogP contribution in [0, 0.1) is 0 Å². The van der Waals surface area contributed by atoms with Gasteiger partial charge in [-0.15, -0.1) is 0 Å². The highest BCUT2D eigenvalue weighted by Gasteiger charge is 2.42. The van der Waals surface area contributed by atoms with Crippen LogP contribution in [0.3, 0.4) is 0 Å². The molecule has 0 unspecified atom stereocenters. The number of ether oxygens (including phenoxy) is 1. The van der Waals surface area contributed by atoms with E-state index in [1.165, 1.54) is 43.2 Å². The van der Waals surface area contributed by atoms with Crippen LogP contribution in [-0.4, -0.2) is 11.5 Å². The van der Waals surface area contributed by atoms with Crippen molar-refractivity contribution in [2.24, 2.45) is 0 Å². The van der Waals surface area contributed by atoms with Crippen LogP contribution in [0.15, 0.2) is 42.5 Å². The summed E-state index contributed by atoms with van der Waals surface area (Å²) in [7, 11) is 0. The van der Waals surface area contributed by atoms with E-state index in [4.69, 9.17) is 4.74 Å².